The molecule has 0 aliphatic heterocycles. The lowest BCUT2D eigenvalue weighted by molar-refractivity contribution is 0.102. The summed E-state index contributed by atoms with van der Waals surface area (Å²) >= 11 is 12.1. The number of ether oxygens (including phenoxy) is 1. The van der Waals surface area contributed by atoms with E-state index in [0.29, 0.717) is 16.5 Å². The average molecular weight is 389 g/mol. The largest absolute Gasteiger partial charge is 0.495 e. The molecule has 128 valence electrons. The SMILES string of the molecule is COc1ccc(NC(=O)c2ccc(NS(C)(=O)=O)cc2Cl)cc1Cl. The monoisotopic (exact) mass is 388 g/mol. The normalized spacial score (nSPS) is 11.0. The van der Waals surface area contributed by atoms with E-state index in [1.54, 1.807) is 18.2 Å². The fourth-order valence-electron chi connectivity index (χ4n) is 1.92. The molecule has 0 radical (unpaired) electrons. The molecule has 0 bridgehead atoms. The van der Waals surface area contributed by atoms with Crippen LogP contribution in [0, 0.1) is 0 Å². The Morgan fingerprint density at radius 2 is 1.67 bits per heavy atom. The van der Waals surface area contributed by atoms with Gasteiger partial charge >= 0.3 is 0 Å². The van der Waals surface area contributed by atoms with Gasteiger partial charge in [0.15, 0.2) is 0 Å². The molecule has 0 spiro atoms. The van der Waals surface area contributed by atoms with Crippen LogP contribution in [0.4, 0.5) is 11.4 Å². The quantitative estimate of drug-likeness (QED) is 0.818. The Morgan fingerprint density at radius 1 is 1.04 bits per heavy atom. The van der Waals surface area contributed by atoms with Crippen LogP contribution in [-0.4, -0.2) is 27.7 Å². The van der Waals surface area contributed by atoms with Gasteiger partial charge in [-0.1, -0.05) is 23.2 Å². The van der Waals surface area contributed by atoms with E-state index >= 15 is 0 Å². The van der Waals surface area contributed by atoms with Crippen LogP contribution in [0.3, 0.4) is 0 Å². The fourth-order valence-corrected chi connectivity index (χ4v) is 3.00. The van der Waals surface area contributed by atoms with E-state index in [0.717, 1.165) is 6.26 Å². The summed E-state index contributed by atoms with van der Waals surface area (Å²) in [5.41, 5.74) is 0.939. The number of amides is 1. The van der Waals surface area contributed by atoms with E-state index in [9.17, 15) is 13.2 Å². The van der Waals surface area contributed by atoms with Gasteiger partial charge in [-0.05, 0) is 36.4 Å². The second kappa shape index (κ2) is 7.29. The van der Waals surface area contributed by atoms with Crippen molar-refractivity contribution in [2.24, 2.45) is 0 Å². The van der Waals surface area contributed by atoms with E-state index in [2.05, 4.69) is 10.0 Å². The number of sulfonamides is 1. The minimum atomic E-state index is -3.42. The Labute approximate surface area is 149 Å². The van der Waals surface area contributed by atoms with Gasteiger partial charge in [0.25, 0.3) is 5.91 Å². The number of rotatable bonds is 5. The van der Waals surface area contributed by atoms with Gasteiger partial charge in [0.05, 0.1) is 29.0 Å². The number of benzene rings is 2. The highest BCUT2D eigenvalue weighted by Gasteiger charge is 2.13. The van der Waals surface area contributed by atoms with Gasteiger partial charge in [-0.2, -0.15) is 0 Å². The number of hydrogen-bond donors (Lipinski definition) is 2. The molecule has 0 aromatic heterocycles. The number of methoxy groups -OCH3 is 1. The number of nitrogens with one attached hydrogen (secondary N) is 2. The van der Waals surface area contributed by atoms with E-state index in [1.807, 2.05) is 0 Å². The lowest BCUT2D eigenvalue weighted by Crippen LogP contribution is -2.13. The Bertz CT molecular complexity index is 885. The third kappa shape index (κ3) is 4.77. The molecule has 0 atom stereocenters. The zero-order chi connectivity index (χ0) is 17.9. The predicted octanol–water partition coefficient (Wildman–Crippen LogP) is 3.63. The molecule has 0 heterocycles. The van der Waals surface area contributed by atoms with Crippen molar-refractivity contribution in [1.29, 1.82) is 0 Å². The van der Waals surface area contributed by atoms with Gasteiger partial charge in [-0.25, -0.2) is 8.42 Å². The average Bonchev–Trinajstić information content (AvgIpc) is 2.45. The summed E-state index contributed by atoms with van der Waals surface area (Å²) < 4.78 is 29.7. The third-order valence-corrected chi connectivity index (χ3v) is 4.14. The molecule has 2 rings (SSSR count). The molecule has 24 heavy (non-hydrogen) atoms. The summed E-state index contributed by atoms with van der Waals surface area (Å²) in [5, 5.41) is 3.12. The van der Waals surface area contributed by atoms with Crippen LogP contribution in [0.5, 0.6) is 5.75 Å². The van der Waals surface area contributed by atoms with E-state index in [4.69, 9.17) is 27.9 Å². The van der Waals surface area contributed by atoms with Crippen molar-refractivity contribution in [3.63, 3.8) is 0 Å². The second-order valence-corrected chi connectivity index (χ2v) is 7.44. The number of hydrogen-bond acceptors (Lipinski definition) is 4. The first-order valence-electron chi connectivity index (χ1n) is 6.62. The highest BCUT2D eigenvalue weighted by Crippen LogP contribution is 2.28. The zero-order valence-electron chi connectivity index (χ0n) is 12.8. The summed E-state index contributed by atoms with van der Waals surface area (Å²) in [7, 11) is -1.93. The first kappa shape index (κ1) is 18.4. The van der Waals surface area contributed by atoms with Gasteiger partial charge in [0.1, 0.15) is 5.75 Å². The molecule has 0 fully saturated rings. The van der Waals surface area contributed by atoms with Gasteiger partial charge < -0.3 is 10.1 Å². The molecule has 0 aliphatic rings. The lowest BCUT2D eigenvalue weighted by Gasteiger charge is -2.10. The molecule has 0 saturated carbocycles. The van der Waals surface area contributed by atoms with Gasteiger partial charge in [-0.3, -0.25) is 9.52 Å². The summed E-state index contributed by atoms with van der Waals surface area (Å²) in [5.74, 6) is 0.0380. The highest BCUT2D eigenvalue weighted by atomic mass is 35.5. The highest BCUT2D eigenvalue weighted by molar-refractivity contribution is 7.92. The summed E-state index contributed by atoms with van der Waals surface area (Å²) in [4.78, 5) is 12.3. The predicted molar refractivity (Wildman–Crippen MR) is 95.9 cm³/mol. The molecule has 2 aromatic carbocycles. The molecule has 0 saturated heterocycles. The van der Waals surface area contributed by atoms with Crippen LogP contribution in [0.25, 0.3) is 0 Å². The molecule has 2 aromatic rings. The number of halogens is 2. The van der Waals surface area contributed by atoms with Crippen LogP contribution >= 0.6 is 23.2 Å². The van der Waals surface area contributed by atoms with Crippen molar-refractivity contribution in [1.82, 2.24) is 0 Å². The Kier molecular flexibility index (Phi) is 5.58. The first-order valence-corrected chi connectivity index (χ1v) is 9.26. The molecule has 6 nitrogen and oxygen atoms in total. The van der Waals surface area contributed by atoms with Crippen LogP contribution in [0.2, 0.25) is 10.0 Å². The fraction of sp³-hybridized carbons (Fsp3) is 0.133. The van der Waals surface area contributed by atoms with Crippen LogP contribution < -0.4 is 14.8 Å². The van der Waals surface area contributed by atoms with Gasteiger partial charge in [0.2, 0.25) is 10.0 Å². The molecule has 0 unspecified atom stereocenters. The molecular weight excluding hydrogens is 375 g/mol. The second-order valence-electron chi connectivity index (χ2n) is 4.87. The summed E-state index contributed by atoms with van der Waals surface area (Å²) in [6.07, 6.45) is 1.02. The number of anilines is 2. The van der Waals surface area contributed by atoms with E-state index < -0.39 is 15.9 Å². The Morgan fingerprint density at radius 3 is 2.21 bits per heavy atom. The Balaban J connectivity index is 2.19. The maximum atomic E-state index is 12.3. The maximum absolute atomic E-state index is 12.3. The molecule has 0 aliphatic carbocycles. The third-order valence-electron chi connectivity index (χ3n) is 2.93. The van der Waals surface area contributed by atoms with Crippen molar-refractivity contribution in [2.45, 2.75) is 0 Å². The van der Waals surface area contributed by atoms with Crippen LogP contribution in [0.1, 0.15) is 10.4 Å². The molecule has 1 amide bonds. The minimum absolute atomic E-state index is 0.112. The standard InChI is InChI=1S/C15H14Cl2N2O4S/c1-23-14-6-4-9(7-13(14)17)18-15(20)11-5-3-10(8-12(11)16)19-24(2,21)22/h3-8,19H,1-2H3,(H,18,20). The van der Waals surface area contributed by atoms with Crippen LogP contribution in [0.15, 0.2) is 36.4 Å². The smallest absolute Gasteiger partial charge is 0.257 e. The van der Waals surface area contributed by atoms with Gasteiger partial charge in [-0.15, -0.1) is 0 Å². The van der Waals surface area contributed by atoms with Crippen molar-refractivity contribution in [2.75, 3.05) is 23.4 Å². The van der Waals surface area contributed by atoms with Crippen molar-refractivity contribution >= 4 is 50.5 Å². The summed E-state index contributed by atoms with van der Waals surface area (Å²) in [6, 6.07) is 9.04. The van der Waals surface area contributed by atoms with E-state index in [1.165, 1.54) is 25.3 Å². The van der Waals surface area contributed by atoms with E-state index in [-0.39, 0.29) is 16.3 Å². The minimum Gasteiger partial charge on any atom is -0.495 e. The molecule has 9 heteroatoms. The number of carbonyl (C=O) groups excluding carboxylic acids is 1. The van der Waals surface area contributed by atoms with Gasteiger partial charge in [0, 0.05) is 11.4 Å². The van der Waals surface area contributed by atoms with Crippen LogP contribution in [-0.2, 0) is 10.0 Å². The Hall–Kier alpha value is -1.96. The maximum Gasteiger partial charge on any atom is 0.257 e. The van der Waals surface area contributed by atoms with Crippen molar-refractivity contribution in [3.8, 4) is 5.75 Å². The summed E-state index contributed by atoms with van der Waals surface area (Å²) in [6.45, 7) is 0. The van der Waals surface area contributed by atoms with Crippen molar-refractivity contribution in [3.05, 3.63) is 52.0 Å². The lowest BCUT2D eigenvalue weighted by atomic mass is 10.2. The number of carbonyl (C=O) groups is 1. The van der Waals surface area contributed by atoms with Crippen molar-refractivity contribution < 1.29 is 17.9 Å². The molecular formula is C15H14Cl2N2O4S. The first-order chi connectivity index (χ1) is 11.2. The topological polar surface area (TPSA) is 84.5 Å². The zero-order valence-corrected chi connectivity index (χ0v) is 15.1. The molecule has 2 N–H and O–H groups in total.